The summed E-state index contributed by atoms with van der Waals surface area (Å²) in [6, 6.07) is 19.2. The maximum atomic E-state index is 12.6. The molecule has 0 aliphatic heterocycles. The molecule has 2 N–H and O–H groups in total. The predicted molar refractivity (Wildman–Crippen MR) is 118 cm³/mol. The summed E-state index contributed by atoms with van der Waals surface area (Å²) in [5, 5.41) is 5.45. The number of hydrogen-bond acceptors (Lipinski definition) is 6. The highest BCUT2D eigenvalue weighted by Crippen LogP contribution is 2.23. The molecule has 31 heavy (non-hydrogen) atoms. The van der Waals surface area contributed by atoms with Gasteiger partial charge in [-0.2, -0.15) is 0 Å². The van der Waals surface area contributed by atoms with E-state index in [1.54, 1.807) is 66.9 Å². The lowest BCUT2D eigenvalue weighted by Crippen LogP contribution is -2.30. The Morgan fingerprint density at radius 2 is 1.74 bits per heavy atom. The van der Waals surface area contributed by atoms with Crippen molar-refractivity contribution < 1.29 is 23.5 Å². The van der Waals surface area contributed by atoms with E-state index in [9.17, 15) is 14.4 Å². The summed E-state index contributed by atoms with van der Waals surface area (Å²) in [5.74, 6) is -0.475. The van der Waals surface area contributed by atoms with Crippen LogP contribution in [0.5, 0.6) is 0 Å². The lowest BCUT2D eigenvalue weighted by atomic mass is 10.2. The Balaban J connectivity index is 1.54. The van der Waals surface area contributed by atoms with Crippen LogP contribution in [0.4, 0.5) is 5.69 Å². The van der Waals surface area contributed by atoms with Gasteiger partial charge in [0.1, 0.15) is 5.76 Å². The standard InChI is InChI=1S/C23H22N2O5S/c1-16(22(27)25-17-8-3-2-4-9-17)30-23(28)19-11-5-6-12-20(19)31-15-21(26)24-14-18-10-7-13-29-18/h2-13,16H,14-15H2,1H3,(H,24,26)(H,25,27). The van der Waals surface area contributed by atoms with Gasteiger partial charge in [-0.15, -0.1) is 11.8 Å². The maximum absolute atomic E-state index is 12.6. The van der Waals surface area contributed by atoms with Crippen molar-refractivity contribution in [3.8, 4) is 0 Å². The number of esters is 1. The summed E-state index contributed by atoms with van der Waals surface area (Å²) in [5.41, 5.74) is 0.914. The van der Waals surface area contributed by atoms with Gasteiger partial charge < -0.3 is 19.8 Å². The fourth-order valence-corrected chi connectivity index (χ4v) is 3.47. The zero-order chi connectivity index (χ0) is 22.1. The minimum absolute atomic E-state index is 0.120. The molecule has 0 spiro atoms. The summed E-state index contributed by atoms with van der Waals surface area (Å²) in [6.45, 7) is 1.80. The van der Waals surface area contributed by atoms with Crippen molar-refractivity contribution in [3.63, 3.8) is 0 Å². The van der Waals surface area contributed by atoms with E-state index in [1.165, 1.54) is 18.7 Å². The van der Waals surface area contributed by atoms with E-state index in [0.29, 0.717) is 28.5 Å². The second kappa shape index (κ2) is 11.0. The topological polar surface area (TPSA) is 97.6 Å². The van der Waals surface area contributed by atoms with Crippen LogP contribution in [-0.2, 0) is 20.9 Å². The fraction of sp³-hybridized carbons (Fsp3) is 0.174. The number of anilines is 1. The number of nitrogens with one attached hydrogen (secondary N) is 2. The molecule has 1 aromatic heterocycles. The van der Waals surface area contributed by atoms with Gasteiger partial charge in [0.2, 0.25) is 5.91 Å². The minimum Gasteiger partial charge on any atom is -0.467 e. The van der Waals surface area contributed by atoms with Crippen LogP contribution in [0.3, 0.4) is 0 Å². The monoisotopic (exact) mass is 438 g/mol. The largest absolute Gasteiger partial charge is 0.467 e. The third kappa shape index (κ3) is 6.75. The van der Waals surface area contributed by atoms with E-state index in [0.717, 1.165) is 0 Å². The first-order valence-corrected chi connectivity index (χ1v) is 10.6. The Bertz CT molecular complexity index is 1020. The normalized spacial score (nSPS) is 11.4. The number of para-hydroxylation sites is 1. The first-order chi connectivity index (χ1) is 15.0. The number of furan rings is 1. The molecule has 3 aromatic rings. The smallest absolute Gasteiger partial charge is 0.340 e. The van der Waals surface area contributed by atoms with Gasteiger partial charge in [-0.05, 0) is 43.3 Å². The third-order valence-electron chi connectivity index (χ3n) is 4.20. The lowest BCUT2D eigenvalue weighted by molar-refractivity contribution is -0.123. The van der Waals surface area contributed by atoms with Gasteiger partial charge in [0.05, 0.1) is 24.1 Å². The van der Waals surface area contributed by atoms with Crippen molar-refractivity contribution in [2.75, 3.05) is 11.1 Å². The second-order valence-electron chi connectivity index (χ2n) is 6.54. The van der Waals surface area contributed by atoms with Crippen LogP contribution >= 0.6 is 11.8 Å². The van der Waals surface area contributed by atoms with Gasteiger partial charge in [-0.3, -0.25) is 9.59 Å². The molecule has 8 heteroatoms. The molecule has 7 nitrogen and oxygen atoms in total. The van der Waals surface area contributed by atoms with Crippen molar-refractivity contribution in [1.82, 2.24) is 5.32 Å². The van der Waals surface area contributed by atoms with E-state index in [1.807, 2.05) is 6.07 Å². The highest BCUT2D eigenvalue weighted by Gasteiger charge is 2.21. The molecule has 1 heterocycles. The van der Waals surface area contributed by atoms with Gasteiger partial charge in [-0.25, -0.2) is 4.79 Å². The van der Waals surface area contributed by atoms with Crippen molar-refractivity contribution in [1.29, 1.82) is 0 Å². The quantitative estimate of drug-likeness (QED) is 0.389. The summed E-state index contributed by atoms with van der Waals surface area (Å²) in [6.07, 6.45) is 0.557. The first-order valence-electron chi connectivity index (χ1n) is 9.60. The SMILES string of the molecule is CC(OC(=O)c1ccccc1SCC(=O)NCc1ccco1)C(=O)Nc1ccccc1. The van der Waals surface area contributed by atoms with Crippen LogP contribution < -0.4 is 10.6 Å². The van der Waals surface area contributed by atoms with Gasteiger partial charge >= 0.3 is 5.97 Å². The molecule has 0 radical (unpaired) electrons. The van der Waals surface area contributed by atoms with Gasteiger partial charge in [0.25, 0.3) is 5.91 Å². The van der Waals surface area contributed by atoms with Crippen LogP contribution in [-0.4, -0.2) is 29.6 Å². The maximum Gasteiger partial charge on any atom is 0.340 e. The predicted octanol–water partition coefficient (Wildman–Crippen LogP) is 3.87. The highest BCUT2D eigenvalue weighted by molar-refractivity contribution is 8.00. The molecule has 160 valence electrons. The van der Waals surface area contributed by atoms with Crippen LogP contribution in [0.1, 0.15) is 23.0 Å². The number of hydrogen-bond donors (Lipinski definition) is 2. The first kappa shape index (κ1) is 22.2. The van der Waals surface area contributed by atoms with Crippen molar-refractivity contribution in [2.45, 2.75) is 24.5 Å². The molecule has 0 aliphatic rings. The van der Waals surface area contributed by atoms with Crippen LogP contribution in [0.25, 0.3) is 0 Å². The molecule has 1 atom stereocenters. The van der Waals surface area contributed by atoms with Gasteiger partial charge in [0.15, 0.2) is 6.10 Å². The number of amides is 2. The van der Waals surface area contributed by atoms with Gasteiger partial charge in [0, 0.05) is 10.6 Å². The number of carbonyl (C=O) groups is 3. The van der Waals surface area contributed by atoms with Crippen LogP contribution in [0.2, 0.25) is 0 Å². The van der Waals surface area contributed by atoms with Gasteiger partial charge in [-0.1, -0.05) is 30.3 Å². The highest BCUT2D eigenvalue weighted by atomic mass is 32.2. The van der Waals surface area contributed by atoms with Crippen molar-refractivity contribution in [3.05, 3.63) is 84.3 Å². The van der Waals surface area contributed by atoms with E-state index in [2.05, 4.69) is 10.6 Å². The molecular formula is C23H22N2O5S. The molecule has 0 saturated heterocycles. The number of ether oxygens (including phenoxy) is 1. The van der Waals surface area contributed by atoms with E-state index in [4.69, 9.17) is 9.15 Å². The second-order valence-corrected chi connectivity index (χ2v) is 7.56. The molecule has 3 rings (SSSR count). The zero-order valence-corrected chi connectivity index (χ0v) is 17.7. The molecule has 1 unspecified atom stereocenters. The Morgan fingerprint density at radius 3 is 2.48 bits per heavy atom. The number of rotatable bonds is 9. The Hall–Kier alpha value is -3.52. The molecule has 0 bridgehead atoms. The Kier molecular flexibility index (Phi) is 7.89. The van der Waals surface area contributed by atoms with E-state index >= 15 is 0 Å². The third-order valence-corrected chi connectivity index (χ3v) is 5.27. The summed E-state index contributed by atoms with van der Waals surface area (Å²) in [7, 11) is 0. The molecule has 0 saturated carbocycles. The van der Waals surface area contributed by atoms with E-state index in [-0.39, 0.29) is 11.7 Å². The fourth-order valence-electron chi connectivity index (χ4n) is 2.60. The lowest BCUT2D eigenvalue weighted by Gasteiger charge is -2.15. The van der Waals surface area contributed by atoms with Crippen molar-refractivity contribution in [2.24, 2.45) is 0 Å². The molecule has 2 amide bonds. The zero-order valence-electron chi connectivity index (χ0n) is 16.9. The minimum atomic E-state index is -0.984. The summed E-state index contributed by atoms with van der Waals surface area (Å²) >= 11 is 1.21. The summed E-state index contributed by atoms with van der Waals surface area (Å²) < 4.78 is 10.5. The summed E-state index contributed by atoms with van der Waals surface area (Å²) in [4.78, 5) is 37.6. The molecular weight excluding hydrogens is 416 g/mol. The molecule has 2 aromatic carbocycles. The molecule has 0 fully saturated rings. The number of carbonyl (C=O) groups excluding carboxylic acids is 3. The Morgan fingerprint density at radius 1 is 1.00 bits per heavy atom. The van der Waals surface area contributed by atoms with Crippen molar-refractivity contribution >= 4 is 35.2 Å². The van der Waals surface area contributed by atoms with E-state index < -0.39 is 18.0 Å². The average Bonchev–Trinajstić information content (AvgIpc) is 3.31. The average molecular weight is 439 g/mol. The molecule has 0 aliphatic carbocycles. The number of benzene rings is 2. The Labute approximate surface area is 184 Å². The van der Waals surface area contributed by atoms with Crippen LogP contribution in [0, 0.1) is 0 Å². The van der Waals surface area contributed by atoms with Crippen LogP contribution in [0.15, 0.2) is 82.3 Å². The number of thioether (sulfide) groups is 1.